The molecule has 1 aromatic heterocycles. The second-order valence-electron chi connectivity index (χ2n) is 3.54. The number of amides is 3. The fourth-order valence-electron chi connectivity index (χ4n) is 1.60. The summed E-state index contributed by atoms with van der Waals surface area (Å²) in [6.07, 6.45) is 0.634. The minimum absolute atomic E-state index is 0.128. The van der Waals surface area contributed by atoms with Gasteiger partial charge >= 0.3 is 6.03 Å². The van der Waals surface area contributed by atoms with Crippen molar-refractivity contribution in [2.45, 2.75) is 25.9 Å². The number of thiophene rings is 1. The van der Waals surface area contributed by atoms with Crippen LogP contribution in [-0.4, -0.2) is 22.9 Å². The maximum atomic E-state index is 11.8. The van der Waals surface area contributed by atoms with Crippen LogP contribution in [0.1, 0.15) is 18.2 Å². The number of hydrogen-bond donors (Lipinski definition) is 1. The topological polar surface area (TPSA) is 49.4 Å². The quantitative estimate of drug-likeness (QED) is 0.871. The Kier molecular flexibility index (Phi) is 3.30. The summed E-state index contributed by atoms with van der Waals surface area (Å²) in [5.41, 5.74) is 0. The number of imide groups is 1. The van der Waals surface area contributed by atoms with Crippen molar-refractivity contribution in [3.05, 3.63) is 20.8 Å². The molecule has 1 aromatic rings. The zero-order valence-electron chi connectivity index (χ0n) is 8.70. The molecule has 4 nitrogen and oxygen atoms in total. The second-order valence-corrected chi connectivity index (χ2v) is 6.09. The first kappa shape index (κ1) is 11.6. The Bertz CT molecular complexity index is 432. The monoisotopic (exact) mass is 302 g/mol. The zero-order chi connectivity index (χ0) is 11.7. The lowest BCUT2D eigenvalue weighted by atomic mass is 10.2. The summed E-state index contributed by atoms with van der Waals surface area (Å²) in [5, 5.41) is 2.66. The molecule has 0 saturated carbocycles. The van der Waals surface area contributed by atoms with Gasteiger partial charge in [0.25, 0.3) is 5.91 Å². The summed E-state index contributed by atoms with van der Waals surface area (Å²) in [7, 11) is 0. The maximum absolute atomic E-state index is 11.8. The van der Waals surface area contributed by atoms with Crippen LogP contribution in [0.2, 0.25) is 0 Å². The van der Waals surface area contributed by atoms with Crippen molar-refractivity contribution >= 4 is 39.2 Å². The molecule has 0 bridgehead atoms. The molecule has 1 fully saturated rings. The highest BCUT2D eigenvalue weighted by Crippen LogP contribution is 2.24. The summed E-state index contributed by atoms with van der Waals surface area (Å²) in [6, 6.07) is 3.18. The Hall–Kier alpha value is -0.880. The zero-order valence-corrected chi connectivity index (χ0v) is 11.1. The molecule has 2 rings (SSSR count). The van der Waals surface area contributed by atoms with E-state index in [9.17, 15) is 9.59 Å². The van der Waals surface area contributed by atoms with Crippen molar-refractivity contribution in [1.82, 2.24) is 10.2 Å². The van der Waals surface area contributed by atoms with Gasteiger partial charge < -0.3 is 5.32 Å². The van der Waals surface area contributed by atoms with Gasteiger partial charge in [0.05, 0.1) is 10.3 Å². The van der Waals surface area contributed by atoms with Crippen LogP contribution in [0.3, 0.4) is 0 Å². The lowest BCUT2D eigenvalue weighted by Gasteiger charge is -2.10. The molecule has 0 aromatic carbocycles. The molecule has 1 atom stereocenters. The predicted octanol–water partition coefficient (Wildman–Crippen LogP) is 2.34. The van der Waals surface area contributed by atoms with E-state index in [0.717, 1.165) is 8.66 Å². The Labute approximate surface area is 106 Å². The summed E-state index contributed by atoms with van der Waals surface area (Å²) >= 11 is 4.88. The Morgan fingerprint density at radius 1 is 1.50 bits per heavy atom. The highest BCUT2D eigenvalue weighted by molar-refractivity contribution is 9.11. The van der Waals surface area contributed by atoms with Gasteiger partial charge in [0.15, 0.2) is 0 Å². The van der Waals surface area contributed by atoms with Crippen molar-refractivity contribution in [2.75, 3.05) is 0 Å². The van der Waals surface area contributed by atoms with Gasteiger partial charge in [-0.05, 0) is 34.5 Å². The molecule has 1 unspecified atom stereocenters. The van der Waals surface area contributed by atoms with Gasteiger partial charge in [-0.2, -0.15) is 0 Å². The molecule has 6 heteroatoms. The lowest BCUT2D eigenvalue weighted by molar-refractivity contribution is -0.127. The fraction of sp³-hybridized carbons (Fsp3) is 0.400. The molecule has 86 valence electrons. The Morgan fingerprint density at radius 3 is 2.75 bits per heavy atom. The van der Waals surface area contributed by atoms with Crippen LogP contribution >= 0.6 is 27.3 Å². The van der Waals surface area contributed by atoms with Crippen LogP contribution in [0.4, 0.5) is 4.79 Å². The van der Waals surface area contributed by atoms with E-state index in [4.69, 9.17) is 0 Å². The van der Waals surface area contributed by atoms with Crippen LogP contribution < -0.4 is 5.32 Å². The normalized spacial score (nSPS) is 20.4. The Balaban J connectivity index is 2.10. The molecular weight excluding hydrogens is 292 g/mol. The van der Waals surface area contributed by atoms with Gasteiger partial charge in [-0.15, -0.1) is 11.3 Å². The van der Waals surface area contributed by atoms with Crippen LogP contribution in [0, 0.1) is 0 Å². The van der Waals surface area contributed by atoms with Crippen LogP contribution in [0.25, 0.3) is 0 Å². The molecule has 1 aliphatic rings. The van der Waals surface area contributed by atoms with Gasteiger partial charge in [0, 0.05) is 4.88 Å². The van der Waals surface area contributed by atoms with Gasteiger partial charge in [0.1, 0.15) is 6.04 Å². The summed E-state index contributed by atoms with van der Waals surface area (Å²) in [5.74, 6) is -0.128. The van der Waals surface area contributed by atoms with E-state index in [1.54, 1.807) is 0 Å². The molecular formula is C10H11BrN2O2S. The van der Waals surface area contributed by atoms with Crippen LogP contribution in [0.5, 0.6) is 0 Å². The maximum Gasteiger partial charge on any atom is 0.325 e. The van der Waals surface area contributed by atoms with E-state index in [-0.39, 0.29) is 18.0 Å². The molecule has 0 spiro atoms. The van der Waals surface area contributed by atoms with E-state index >= 15 is 0 Å². The van der Waals surface area contributed by atoms with E-state index in [0.29, 0.717) is 13.0 Å². The van der Waals surface area contributed by atoms with Gasteiger partial charge in [0.2, 0.25) is 0 Å². The largest absolute Gasteiger partial charge is 0.326 e. The first-order valence-electron chi connectivity index (χ1n) is 4.98. The summed E-state index contributed by atoms with van der Waals surface area (Å²) in [6.45, 7) is 2.24. The molecule has 16 heavy (non-hydrogen) atoms. The van der Waals surface area contributed by atoms with E-state index in [1.807, 2.05) is 19.1 Å². The van der Waals surface area contributed by atoms with E-state index in [2.05, 4.69) is 21.2 Å². The molecule has 2 heterocycles. The third-order valence-electron chi connectivity index (χ3n) is 2.46. The number of carbonyl (C=O) groups excluding carboxylic acids is 2. The van der Waals surface area contributed by atoms with Crippen molar-refractivity contribution in [3.8, 4) is 0 Å². The SMILES string of the molecule is CCC1NC(=O)N(Cc2ccc(Br)s2)C1=O. The molecule has 1 N–H and O–H groups in total. The van der Waals surface area contributed by atoms with Crippen molar-refractivity contribution in [1.29, 1.82) is 0 Å². The average molecular weight is 303 g/mol. The predicted molar refractivity (Wildman–Crippen MR) is 65.2 cm³/mol. The molecule has 1 saturated heterocycles. The standard InChI is InChI=1S/C10H11BrN2O2S/c1-2-7-9(14)13(10(15)12-7)5-6-3-4-8(11)16-6/h3-4,7H,2,5H2,1H3,(H,12,15). The Morgan fingerprint density at radius 2 is 2.25 bits per heavy atom. The summed E-state index contributed by atoms with van der Waals surface area (Å²) < 4.78 is 1.00. The van der Waals surface area contributed by atoms with E-state index in [1.165, 1.54) is 16.2 Å². The molecule has 3 amide bonds. The van der Waals surface area contributed by atoms with Crippen LogP contribution in [-0.2, 0) is 11.3 Å². The first-order valence-corrected chi connectivity index (χ1v) is 6.59. The number of hydrogen-bond acceptors (Lipinski definition) is 3. The van der Waals surface area contributed by atoms with Gasteiger partial charge in [-0.1, -0.05) is 6.92 Å². The number of urea groups is 1. The lowest BCUT2D eigenvalue weighted by Crippen LogP contribution is -2.30. The number of halogens is 1. The minimum atomic E-state index is -0.351. The minimum Gasteiger partial charge on any atom is -0.326 e. The number of nitrogens with zero attached hydrogens (tertiary/aromatic N) is 1. The van der Waals surface area contributed by atoms with Crippen molar-refractivity contribution in [2.24, 2.45) is 0 Å². The smallest absolute Gasteiger partial charge is 0.325 e. The third kappa shape index (κ3) is 2.12. The number of nitrogens with one attached hydrogen (secondary N) is 1. The molecule has 1 aliphatic heterocycles. The molecule has 0 aliphatic carbocycles. The van der Waals surface area contributed by atoms with Crippen molar-refractivity contribution in [3.63, 3.8) is 0 Å². The van der Waals surface area contributed by atoms with Gasteiger partial charge in [-0.3, -0.25) is 9.69 Å². The second kappa shape index (κ2) is 4.55. The van der Waals surface area contributed by atoms with Crippen LogP contribution in [0.15, 0.2) is 15.9 Å². The van der Waals surface area contributed by atoms with E-state index < -0.39 is 0 Å². The highest BCUT2D eigenvalue weighted by atomic mass is 79.9. The third-order valence-corrected chi connectivity index (χ3v) is 4.07. The number of carbonyl (C=O) groups is 2. The fourth-order valence-corrected chi connectivity index (χ4v) is 3.07. The van der Waals surface area contributed by atoms with Gasteiger partial charge in [-0.25, -0.2) is 4.79 Å². The summed E-state index contributed by atoms with van der Waals surface area (Å²) in [4.78, 5) is 25.6. The average Bonchev–Trinajstić information content (AvgIpc) is 2.77. The first-order chi connectivity index (χ1) is 7.61. The number of rotatable bonds is 3. The molecule has 0 radical (unpaired) electrons. The van der Waals surface area contributed by atoms with Crippen molar-refractivity contribution < 1.29 is 9.59 Å². The highest BCUT2D eigenvalue weighted by Gasteiger charge is 2.36.